The Morgan fingerprint density at radius 1 is 0.417 bits per heavy atom. The topological polar surface area (TPSA) is 46.2 Å². The molecule has 1 heterocycles. The van der Waals surface area contributed by atoms with Crippen molar-refractivity contribution < 1.29 is 22.0 Å². The largest absolute Gasteiger partial charge is 0.497 e. The second kappa shape index (κ2) is 19.4. The van der Waals surface area contributed by atoms with E-state index in [-0.39, 0.29) is 0 Å². The molecular weight excluding hydrogens is 1060 g/mol. The Morgan fingerprint density at radius 3 is 1.40 bits per heavy atom. The molecule has 13 rings (SSSR count). The Balaban J connectivity index is 0.00000137. The molecule has 72 heavy (non-hydrogen) atoms. The summed E-state index contributed by atoms with van der Waals surface area (Å²) in [5.74, 6) is 4.33. The Labute approximate surface area is 447 Å². The molecule has 0 atom stereocenters. The Bertz CT molecular complexity index is 3610. The highest BCUT2D eigenvalue weighted by atomic mass is 79.9. The van der Waals surface area contributed by atoms with Crippen LogP contribution in [-0.4, -0.2) is 7.11 Å². The minimum absolute atomic E-state index is 0.618. The number of rotatable bonds is 8. The van der Waals surface area contributed by atoms with Gasteiger partial charge in [-0.1, -0.05) is 181 Å². The molecule has 0 fully saturated rings. The molecule has 1 aliphatic heterocycles. The fourth-order valence-corrected chi connectivity index (χ4v) is 12.7. The first kappa shape index (κ1) is 47.7. The number of hydrogen-bond donors (Lipinski definition) is 1. The lowest BCUT2D eigenvalue weighted by atomic mass is 9.65. The molecule has 0 saturated heterocycles. The molecule has 10 aromatic carbocycles. The zero-order valence-corrected chi connectivity index (χ0v) is 45.0. The molecule has 356 valence electrons. The lowest BCUT2D eigenvalue weighted by molar-refractivity contribution is 0.414. The summed E-state index contributed by atoms with van der Waals surface area (Å²) in [4.78, 5) is 0. The second-order valence-corrected chi connectivity index (χ2v) is 19.7. The maximum absolute atomic E-state index is 7.23. The number of methoxy groups -OCH3 is 1. The third-order valence-electron chi connectivity index (χ3n) is 14.1. The van der Waals surface area contributed by atoms with E-state index in [4.69, 9.17) is 22.0 Å². The number of ether oxygens (including phenoxy) is 2. The van der Waals surface area contributed by atoms with Crippen LogP contribution in [0.5, 0.6) is 34.5 Å². The van der Waals surface area contributed by atoms with Gasteiger partial charge in [0.25, 0.3) is 12.3 Å². The summed E-state index contributed by atoms with van der Waals surface area (Å²) in [5.41, 5.74) is 12.7. The maximum Gasteiger partial charge on any atom is 0.293 e. The number of fused-ring (bicyclic) bond motifs is 16. The maximum atomic E-state index is 7.23. The summed E-state index contributed by atoms with van der Waals surface area (Å²) >= 11 is 12.8. The first-order valence-electron chi connectivity index (χ1n) is 24.1. The van der Waals surface area contributed by atoms with Crippen LogP contribution in [0.4, 0.5) is 0 Å². The van der Waals surface area contributed by atoms with Gasteiger partial charge in [-0.2, -0.15) is 0 Å². The fraction of sp³-hybridized carbons (Fsp3) is 0.111. The highest BCUT2D eigenvalue weighted by molar-refractivity contribution is 9.10. The minimum Gasteiger partial charge on any atom is -0.497 e. The van der Waals surface area contributed by atoms with E-state index in [9.17, 15) is 0 Å². The summed E-state index contributed by atoms with van der Waals surface area (Å²) < 4.78 is 33.2. The number of hydrogen-bond acceptors (Lipinski definition) is 7. The van der Waals surface area contributed by atoms with Crippen molar-refractivity contribution in [1.29, 1.82) is 0 Å². The van der Waals surface area contributed by atoms with Crippen molar-refractivity contribution in [3.8, 4) is 56.8 Å². The van der Waals surface area contributed by atoms with Crippen LogP contribution in [0.15, 0.2) is 203 Å². The molecule has 2 aliphatic carbocycles. The zero-order valence-electron chi connectivity index (χ0n) is 40.1. The van der Waals surface area contributed by atoms with Crippen molar-refractivity contribution in [3.05, 3.63) is 248 Å². The number of thiol groups is 1. The molecule has 0 saturated carbocycles. The van der Waals surface area contributed by atoms with E-state index >= 15 is 0 Å². The van der Waals surface area contributed by atoms with Crippen LogP contribution in [0, 0.1) is 0 Å². The molecular formula is C63H48Br2O5S2. The molecule has 0 unspecified atom stereocenters. The van der Waals surface area contributed by atoms with E-state index in [0.717, 1.165) is 82.3 Å². The molecule has 10 aromatic rings. The van der Waals surface area contributed by atoms with E-state index < -0.39 is 10.8 Å². The molecule has 0 amide bonds. The van der Waals surface area contributed by atoms with Crippen LogP contribution < -0.4 is 22.0 Å². The van der Waals surface area contributed by atoms with Crippen LogP contribution in [0.25, 0.3) is 43.8 Å². The molecule has 9 heteroatoms. The minimum atomic E-state index is -0.654. The quantitative estimate of drug-likeness (QED) is 0.121. The molecule has 0 aromatic heterocycles. The number of benzene rings is 10. The van der Waals surface area contributed by atoms with E-state index in [1.807, 2.05) is 76.2 Å². The van der Waals surface area contributed by atoms with Gasteiger partial charge in [0.2, 0.25) is 0 Å². The predicted octanol–water partition coefficient (Wildman–Crippen LogP) is 18.7. The Hall–Kier alpha value is -6.62. The summed E-state index contributed by atoms with van der Waals surface area (Å²) in [6.45, 7) is 8.00. The van der Waals surface area contributed by atoms with Gasteiger partial charge in [-0.05, 0) is 128 Å². The highest BCUT2D eigenvalue weighted by Crippen LogP contribution is 2.64. The molecule has 0 N–H and O–H groups in total. The standard InChI is InChI=1S/C59H36Br2O5S2.2C2H6/c1-62-38-22-16-34(17-23-38)58(52-32-36(60)20-26-42(52)43-27-21-37(61)33-53(43)58)35-18-24-39(25-19-35)65-68-66-55-15-7-11-47-45(55)29-31-51-57(47)63-56-46-10-6-14-54(64-67)44(46)28-30-50(56)59(51)48-12-4-2-8-40(48)41-9-3-5-13-49(41)59;2*1-2/h2-33,67H,1H3;2*1-2H3. The van der Waals surface area contributed by atoms with Crippen molar-refractivity contribution in [1.82, 2.24) is 0 Å². The van der Waals surface area contributed by atoms with Crippen molar-refractivity contribution in [2.45, 2.75) is 38.5 Å². The monoisotopic (exact) mass is 1110 g/mol. The third-order valence-corrected chi connectivity index (χ3v) is 15.8. The van der Waals surface area contributed by atoms with E-state index in [1.54, 1.807) is 7.11 Å². The molecule has 0 radical (unpaired) electrons. The SMILES string of the molecule is CC.CC.COc1ccc(C2(c3ccc(OSOc4cccc5c6c(ccc45)C4(c5ccccc5-c5ccccc54)c4ccc5c(OS)cccc5c4O6)cc3)c3cc(Br)ccc3-c3ccc(Br)cc32)cc1. The highest BCUT2D eigenvalue weighted by Gasteiger charge is 2.52. The first-order valence-corrected chi connectivity index (χ1v) is 26.7. The molecule has 3 aliphatic rings. The van der Waals surface area contributed by atoms with Gasteiger partial charge in [-0.15, -0.1) is 0 Å². The van der Waals surface area contributed by atoms with Crippen LogP contribution >= 0.6 is 57.1 Å². The van der Waals surface area contributed by atoms with Crippen molar-refractivity contribution in [2.24, 2.45) is 0 Å². The van der Waals surface area contributed by atoms with Crippen molar-refractivity contribution in [3.63, 3.8) is 0 Å². The second-order valence-electron chi connectivity index (χ2n) is 17.2. The van der Waals surface area contributed by atoms with Gasteiger partial charge in [-0.25, -0.2) is 0 Å². The van der Waals surface area contributed by atoms with E-state index in [0.29, 0.717) is 17.2 Å². The summed E-state index contributed by atoms with van der Waals surface area (Å²) in [6.07, 6.45) is 0. The van der Waals surface area contributed by atoms with Gasteiger partial charge in [0.1, 0.15) is 34.5 Å². The van der Waals surface area contributed by atoms with Crippen LogP contribution in [0.2, 0.25) is 0 Å². The average Bonchev–Trinajstić information content (AvgIpc) is 3.89. The predicted molar refractivity (Wildman–Crippen MR) is 306 cm³/mol. The van der Waals surface area contributed by atoms with Crippen molar-refractivity contribution >= 4 is 78.6 Å². The Kier molecular flexibility index (Phi) is 12.9. The summed E-state index contributed by atoms with van der Waals surface area (Å²) in [5, 5.41) is 3.68. The smallest absolute Gasteiger partial charge is 0.293 e. The van der Waals surface area contributed by atoms with Gasteiger partial charge in [-0.3, -0.25) is 0 Å². The van der Waals surface area contributed by atoms with Gasteiger partial charge >= 0.3 is 0 Å². The molecule has 5 nitrogen and oxygen atoms in total. The van der Waals surface area contributed by atoms with Crippen LogP contribution in [-0.2, 0) is 10.8 Å². The van der Waals surface area contributed by atoms with E-state index in [1.165, 1.54) is 44.5 Å². The lowest BCUT2D eigenvalue weighted by Crippen LogP contribution is -2.32. The summed E-state index contributed by atoms with van der Waals surface area (Å²) in [7, 11) is 1.70. The van der Waals surface area contributed by atoms with Gasteiger partial charge in [0, 0.05) is 54.5 Å². The fourth-order valence-electron chi connectivity index (χ4n) is 11.4. The van der Waals surface area contributed by atoms with Crippen LogP contribution in [0.1, 0.15) is 72.2 Å². The van der Waals surface area contributed by atoms with Gasteiger partial charge in [0.15, 0.2) is 0 Å². The van der Waals surface area contributed by atoms with Crippen LogP contribution in [0.3, 0.4) is 0 Å². The van der Waals surface area contributed by atoms with Crippen molar-refractivity contribution in [2.75, 3.05) is 7.11 Å². The van der Waals surface area contributed by atoms with Gasteiger partial charge in [0.05, 0.1) is 17.9 Å². The zero-order chi connectivity index (χ0) is 49.7. The first-order chi connectivity index (χ1) is 35.4. The third kappa shape index (κ3) is 7.18. The van der Waals surface area contributed by atoms with E-state index in [2.05, 4.69) is 190 Å². The Morgan fingerprint density at radius 2 is 0.889 bits per heavy atom. The molecule has 0 bridgehead atoms. The average molecular weight is 1110 g/mol. The summed E-state index contributed by atoms with van der Waals surface area (Å²) in [6, 6.07) is 68.2. The molecule has 1 spiro atoms. The van der Waals surface area contributed by atoms with Gasteiger partial charge < -0.3 is 22.0 Å². The number of halogens is 2. The normalized spacial score (nSPS) is 13.4. The lowest BCUT2D eigenvalue weighted by Gasteiger charge is -2.40.